The fourth-order valence-electron chi connectivity index (χ4n) is 12.0. The normalized spacial score (nSPS) is 14.1. The van der Waals surface area contributed by atoms with E-state index < -0.39 is 5.41 Å². The minimum Gasteiger partial charge on any atom is -0.309 e. The van der Waals surface area contributed by atoms with Crippen molar-refractivity contribution >= 4 is 38.9 Å². The van der Waals surface area contributed by atoms with Gasteiger partial charge in [-0.15, -0.1) is 0 Å². The van der Waals surface area contributed by atoms with Gasteiger partial charge in [-0.2, -0.15) is 0 Å². The molecule has 0 fully saturated rings. The molecule has 2 heteroatoms. The molecule has 0 N–H and O–H groups in total. The Balaban J connectivity index is 0.962. The molecule has 1 aliphatic carbocycles. The van der Waals surface area contributed by atoms with Crippen molar-refractivity contribution in [3.05, 3.63) is 289 Å². The number of nitrogens with zero attached hydrogens (tertiary/aromatic N) is 2. The highest BCUT2D eigenvalue weighted by atomic mass is 15.1. The van der Waals surface area contributed by atoms with Crippen molar-refractivity contribution in [2.75, 3.05) is 4.90 Å². The maximum atomic E-state index is 2.52. The monoisotopic (exact) mass is 876 g/mol. The molecular weight excluding hydrogens is 833 g/mol. The predicted molar refractivity (Wildman–Crippen MR) is 288 cm³/mol. The Morgan fingerprint density at radius 2 is 0.812 bits per heavy atom. The average Bonchev–Trinajstić information content (AvgIpc) is 3.93. The van der Waals surface area contributed by atoms with Crippen molar-refractivity contribution in [1.82, 2.24) is 4.57 Å². The van der Waals surface area contributed by atoms with E-state index in [0.717, 1.165) is 22.6 Å². The number of aromatic nitrogens is 1. The highest BCUT2D eigenvalue weighted by molar-refractivity contribution is 6.13. The SMILES string of the molecule is c1ccc(-c2cccc(-c3ccccc3N(c3ccc(-c4cccc5c4-c4ccccc4C54c5ccccc5-n5c6ccccc6c6cccc4c65)cc3)c3ccccc3-c3ccccc3)c2)cc1. The summed E-state index contributed by atoms with van der Waals surface area (Å²) in [5.41, 5.74) is 23.9. The molecule has 11 aromatic carbocycles. The Bertz CT molecular complexity index is 3960. The predicted octanol–water partition coefficient (Wildman–Crippen LogP) is 17.6. The maximum Gasteiger partial charge on any atom is 0.0754 e. The third-order valence-electron chi connectivity index (χ3n) is 14.8. The second kappa shape index (κ2) is 15.6. The van der Waals surface area contributed by atoms with Gasteiger partial charge in [-0.3, -0.25) is 0 Å². The van der Waals surface area contributed by atoms with Crippen molar-refractivity contribution in [2.24, 2.45) is 0 Å². The zero-order valence-electron chi connectivity index (χ0n) is 37.8. The number of para-hydroxylation sites is 5. The van der Waals surface area contributed by atoms with Gasteiger partial charge >= 0.3 is 0 Å². The van der Waals surface area contributed by atoms with Gasteiger partial charge in [-0.25, -0.2) is 0 Å². The molecule has 0 radical (unpaired) electrons. The molecule has 0 saturated carbocycles. The third-order valence-corrected chi connectivity index (χ3v) is 14.8. The number of rotatable bonds is 7. The summed E-state index contributed by atoms with van der Waals surface area (Å²) in [6, 6.07) is 98.5. The summed E-state index contributed by atoms with van der Waals surface area (Å²) in [6.45, 7) is 0. The van der Waals surface area contributed by atoms with Crippen LogP contribution < -0.4 is 4.90 Å². The summed E-state index contributed by atoms with van der Waals surface area (Å²) < 4.78 is 2.52. The molecule has 1 unspecified atom stereocenters. The van der Waals surface area contributed by atoms with Crippen LogP contribution in [-0.2, 0) is 5.41 Å². The van der Waals surface area contributed by atoms with Crippen molar-refractivity contribution in [2.45, 2.75) is 5.41 Å². The van der Waals surface area contributed by atoms with Crippen LogP contribution in [0.15, 0.2) is 267 Å². The maximum absolute atomic E-state index is 2.52. The van der Waals surface area contributed by atoms with Crippen LogP contribution in [-0.4, -0.2) is 4.57 Å². The Labute approximate surface area is 402 Å². The summed E-state index contributed by atoms with van der Waals surface area (Å²) in [5.74, 6) is 0. The third kappa shape index (κ3) is 5.79. The highest BCUT2D eigenvalue weighted by Crippen LogP contribution is 2.62. The first-order valence-electron chi connectivity index (χ1n) is 23.9. The molecule has 2 aliphatic rings. The molecular formula is C67H44N2. The average molecular weight is 877 g/mol. The second-order valence-electron chi connectivity index (χ2n) is 18.3. The lowest BCUT2D eigenvalue weighted by molar-refractivity contribution is 0.748. The summed E-state index contributed by atoms with van der Waals surface area (Å²) in [6.07, 6.45) is 0. The smallest absolute Gasteiger partial charge is 0.0754 e. The van der Waals surface area contributed by atoms with Crippen LogP contribution in [0.3, 0.4) is 0 Å². The quantitative estimate of drug-likeness (QED) is 0.155. The summed E-state index contributed by atoms with van der Waals surface area (Å²) in [4.78, 5) is 2.45. The molecule has 1 aromatic heterocycles. The van der Waals surface area contributed by atoms with Gasteiger partial charge in [-0.05, 0) is 109 Å². The van der Waals surface area contributed by atoms with Crippen LogP contribution in [0.5, 0.6) is 0 Å². The second-order valence-corrected chi connectivity index (χ2v) is 18.3. The van der Waals surface area contributed by atoms with Gasteiger partial charge in [0.2, 0.25) is 0 Å². The van der Waals surface area contributed by atoms with Gasteiger partial charge in [0.05, 0.1) is 33.5 Å². The molecule has 12 aromatic rings. The van der Waals surface area contributed by atoms with E-state index in [2.05, 4.69) is 276 Å². The zero-order valence-corrected chi connectivity index (χ0v) is 37.8. The molecule has 1 aliphatic heterocycles. The first kappa shape index (κ1) is 39.2. The van der Waals surface area contributed by atoms with E-state index in [9.17, 15) is 0 Å². The van der Waals surface area contributed by atoms with Gasteiger partial charge in [0.15, 0.2) is 0 Å². The van der Waals surface area contributed by atoms with Crippen molar-refractivity contribution in [1.29, 1.82) is 0 Å². The van der Waals surface area contributed by atoms with Gasteiger partial charge in [0.25, 0.3) is 0 Å². The van der Waals surface area contributed by atoms with Crippen LogP contribution in [0.2, 0.25) is 0 Å². The summed E-state index contributed by atoms with van der Waals surface area (Å²) in [7, 11) is 0. The topological polar surface area (TPSA) is 8.17 Å². The number of hydrogen-bond donors (Lipinski definition) is 0. The summed E-state index contributed by atoms with van der Waals surface area (Å²) in [5, 5.41) is 2.57. The Hall–Kier alpha value is -8.98. The van der Waals surface area contributed by atoms with E-state index in [4.69, 9.17) is 0 Å². The Kier molecular flexibility index (Phi) is 8.84. The number of benzene rings is 11. The number of anilines is 3. The first-order valence-corrected chi connectivity index (χ1v) is 23.9. The molecule has 1 spiro atoms. The van der Waals surface area contributed by atoms with Gasteiger partial charge in [-0.1, -0.05) is 224 Å². The minimum atomic E-state index is -0.512. The molecule has 322 valence electrons. The molecule has 69 heavy (non-hydrogen) atoms. The fourth-order valence-corrected chi connectivity index (χ4v) is 12.0. The highest BCUT2D eigenvalue weighted by Gasteiger charge is 2.51. The molecule has 14 rings (SSSR count). The largest absolute Gasteiger partial charge is 0.309 e. The van der Waals surface area contributed by atoms with Crippen molar-refractivity contribution < 1.29 is 0 Å². The van der Waals surface area contributed by atoms with E-state index in [-0.39, 0.29) is 0 Å². The Morgan fingerprint density at radius 1 is 0.304 bits per heavy atom. The lowest BCUT2D eigenvalue weighted by Crippen LogP contribution is -2.33. The molecule has 0 bridgehead atoms. The zero-order chi connectivity index (χ0) is 45.5. The standard InChI is InChI=1S/C67H44N2/c1-3-20-45(21-4-1)48-24-17-25-49(44-48)52-27-9-14-37-62(52)68(61-36-13-8-26-51(61)46-22-5-2-6-23-46)50-42-40-47(41-43-50)53-30-18-34-59-65(53)56-29-7-11-32-57(56)67(59)58-33-12-16-39-64(58)69-63-38-15-10-28-54(63)55-31-19-35-60(67)66(55)69/h1-44H. The van der Waals surface area contributed by atoms with Crippen LogP contribution in [0.1, 0.15) is 22.3 Å². The Morgan fingerprint density at radius 3 is 1.59 bits per heavy atom. The van der Waals surface area contributed by atoms with Crippen molar-refractivity contribution in [3.8, 4) is 61.3 Å². The van der Waals surface area contributed by atoms with Crippen LogP contribution in [0, 0.1) is 0 Å². The summed E-state index contributed by atoms with van der Waals surface area (Å²) >= 11 is 0. The van der Waals surface area contributed by atoms with E-state index in [0.29, 0.717) is 0 Å². The van der Waals surface area contributed by atoms with Gasteiger partial charge < -0.3 is 9.47 Å². The van der Waals surface area contributed by atoms with E-state index in [1.165, 1.54) is 99.8 Å². The molecule has 1 atom stereocenters. The molecule has 2 heterocycles. The van der Waals surface area contributed by atoms with Gasteiger partial charge in [0.1, 0.15) is 0 Å². The van der Waals surface area contributed by atoms with E-state index in [1.807, 2.05) is 0 Å². The minimum absolute atomic E-state index is 0.512. The van der Waals surface area contributed by atoms with E-state index in [1.54, 1.807) is 0 Å². The van der Waals surface area contributed by atoms with Crippen LogP contribution in [0.25, 0.3) is 83.1 Å². The lowest BCUT2D eigenvalue weighted by atomic mass is 9.65. The van der Waals surface area contributed by atoms with E-state index >= 15 is 0 Å². The number of fused-ring (bicyclic) bond motifs is 12. The number of hydrogen-bond acceptors (Lipinski definition) is 1. The van der Waals surface area contributed by atoms with Crippen LogP contribution in [0.4, 0.5) is 17.1 Å². The van der Waals surface area contributed by atoms with Crippen molar-refractivity contribution in [3.63, 3.8) is 0 Å². The molecule has 0 saturated heterocycles. The van der Waals surface area contributed by atoms with Crippen LogP contribution >= 0.6 is 0 Å². The first-order chi connectivity index (χ1) is 34.3. The fraction of sp³-hybridized carbons (Fsp3) is 0.0149. The molecule has 2 nitrogen and oxygen atoms in total. The lowest BCUT2D eigenvalue weighted by Gasteiger charge is -2.39. The van der Waals surface area contributed by atoms with Gasteiger partial charge in [0, 0.05) is 27.6 Å². The molecule has 0 amide bonds.